The standard InChI is InChI=1S/C23H19ClFN5O4/c1-12(2)34-22(31)14-10-26-23(27-18-9-20(30(32)33)17(25)8-16(18)24)28-21(14)15-11-29(3)19-7-5-4-6-13(15)19/h4-12H,1-3H3,(H,26,27,28). The molecular weight excluding hydrogens is 465 g/mol. The summed E-state index contributed by atoms with van der Waals surface area (Å²) < 4.78 is 21.1. The summed E-state index contributed by atoms with van der Waals surface area (Å²) in [7, 11) is 1.87. The maximum atomic E-state index is 13.9. The number of aryl methyl sites for hydroxylation is 1. The van der Waals surface area contributed by atoms with Gasteiger partial charge in [0.1, 0.15) is 5.56 Å². The fraction of sp³-hybridized carbons (Fsp3) is 0.174. The molecule has 4 rings (SSSR count). The van der Waals surface area contributed by atoms with Crippen LogP contribution in [-0.4, -0.2) is 31.5 Å². The summed E-state index contributed by atoms with van der Waals surface area (Å²) >= 11 is 6.08. The van der Waals surface area contributed by atoms with Crippen molar-refractivity contribution in [2.75, 3.05) is 5.32 Å². The molecule has 0 aliphatic rings. The lowest BCUT2D eigenvalue weighted by atomic mass is 10.1. The second kappa shape index (κ2) is 9.06. The first kappa shape index (κ1) is 23.1. The minimum absolute atomic E-state index is 0.00633. The highest BCUT2D eigenvalue weighted by atomic mass is 35.5. The van der Waals surface area contributed by atoms with Gasteiger partial charge in [-0.25, -0.2) is 14.8 Å². The normalized spacial score (nSPS) is 11.1. The van der Waals surface area contributed by atoms with E-state index in [1.54, 1.807) is 13.8 Å². The van der Waals surface area contributed by atoms with Crippen LogP contribution in [0.1, 0.15) is 24.2 Å². The van der Waals surface area contributed by atoms with Gasteiger partial charge in [0.2, 0.25) is 11.8 Å². The molecule has 2 aromatic carbocycles. The monoisotopic (exact) mass is 483 g/mol. The molecule has 2 heterocycles. The van der Waals surface area contributed by atoms with Crippen molar-refractivity contribution < 1.29 is 18.8 Å². The third kappa shape index (κ3) is 4.40. The second-order valence-electron chi connectivity index (χ2n) is 7.75. The number of carbonyl (C=O) groups excluding carboxylic acids is 1. The molecular formula is C23H19ClFN5O4. The van der Waals surface area contributed by atoms with Crippen LogP contribution in [-0.2, 0) is 11.8 Å². The van der Waals surface area contributed by atoms with Crippen molar-refractivity contribution in [1.82, 2.24) is 14.5 Å². The molecule has 0 radical (unpaired) electrons. The first-order chi connectivity index (χ1) is 16.2. The van der Waals surface area contributed by atoms with E-state index in [0.29, 0.717) is 11.3 Å². The Morgan fingerprint density at radius 1 is 1.29 bits per heavy atom. The summed E-state index contributed by atoms with van der Waals surface area (Å²) in [5.74, 6) is -1.66. The molecule has 4 aromatic rings. The van der Waals surface area contributed by atoms with Crippen molar-refractivity contribution in [3.05, 3.63) is 75.3 Å². The van der Waals surface area contributed by atoms with E-state index in [2.05, 4.69) is 15.3 Å². The molecule has 0 saturated heterocycles. The Hall–Kier alpha value is -4.05. The number of rotatable bonds is 6. The zero-order valence-electron chi connectivity index (χ0n) is 18.4. The maximum Gasteiger partial charge on any atom is 0.342 e. The van der Waals surface area contributed by atoms with Gasteiger partial charge in [-0.2, -0.15) is 4.39 Å². The van der Waals surface area contributed by atoms with Crippen LogP contribution in [0.15, 0.2) is 48.8 Å². The number of para-hydroxylation sites is 1. The number of nitrogens with zero attached hydrogens (tertiary/aromatic N) is 4. The average molecular weight is 484 g/mol. The van der Waals surface area contributed by atoms with E-state index in [9.17, 15) is 19.3 Å². The first-order valence-corrected chi connectivity index (χ1v) is 10.6. The molecule has 0 atom stereocenters. The molecule has 1 N–H and O–H groups in total. The number of nitro groups is 1. The van der Waals surface area contributed by atoms with Crippen LogP contribution in [0.5, 0.6) is 0 Å². The zero-order chi connectivity index (χ0) is 24.6. The van der Waals surface area contributed by atoms with Gasteiger partial charge in [0.25, 0.3) is 0 Å². The number of esters is 1. The van der Waals surface area contributed by atoms with Gasteiger partial charge >= 0.3 is 11.7 Å². The quantitative estimate of drug-likeness (QED) is 0.214. The number of carbonyl (C=O) groups is 1. The largest absolute Gasteiger partial charge is 0.459 e. The number of hydrogen-bond acceptors (Lipinski definition) is 7. The molecule has 34 heavy (non-hydrogen) atoms. The van der Waals surface area contributed by atoms with Crippen molar-refractivity contribution in [3.8, 4) is 11.3 Å². The molecule has 0 spiro atoms. The van der Waals surface area contributed by atoms with Crippen LogP contribution < -0.4 is 5.32 Å². The van der Waals surface area contributed by atoms with Gasteiger partial charge in [-0.05, 0) is 19.9 Å². The number of benzene rings is 2. The Labute approximate surface area is 198 Å². The van der Waals surface area contributed by atoms with Crippen molar-refractivity contribution in [2.24, 2.45) is 7.05 Å². The molecule has 9 nitrogen and oxygen atoms in total. The maximum absolute atomic E-state index is 13.9. The van der Waals surface area contributed by atoms with Crippen LogP contribution in [0.3, 0.4) is 0 Å². The van der Waals surface area contributed by atoms with Crippen LogP contribution in [0.4, 0.5) is 21.7 Å². The lowest BCUT2D eigenvalue weighted by molar-refractivity contribution is -0.387. The smallest absolute Gasteiger partial charge is 0.342 e. The van der Waals surface area contributed by atoms with Gasteiger partial charge in [0, 0.05) is 48.0 Å². The Morgan fingerprint density at radius 3 is 2.74 bits per heavy atom. The first-order valence-electron chi connectivity index (χ1n) is 10.2. The lowest BCUT2D eigenvalue weighted by Crippen LogP contribution is -2.14. The molecule has 11 heteroatoms. The van der Waals surface area contributed by atoms with Gasteiger partial charge in [-0.15, -0.1) is 0 Å². The number of nitro benzene ring substituents is 1. The number of anilines is 2. The molecule has 0 amide bonds. The van der Waals surface area contributed by atoms with Gasteiger partial charge in [0.05, 0.1) is 27.4 Å². The predicted molar refractivity (Wildman–Crippen MR) is 126 cm³/mol. The molecule has 0 fully saturated rings. The Kier molecular flexibility index (Phi) is 6.16. The number of ether oxygens (including phenoxy) is 1. The van der Waals surface area contributed by atoms with Crippen LogP contribution in [0.2, 0.25) is 5.02 Å². The second-order valence-corrected chi connectivity index (χ2v) is 8.15. The highest BCUT2D eigenvalue weighted by molar-refractivity contribution is 6.33. The summed E-state index contributed by atoms with van der Waals surface area (Å²) in [6.07, 6.45) is 2.78. The number of nitrogens with one attached hydrogen (secondary N) is 1. The fourth-order valence-corrected chi connectivity index (χ4v) is 3.70. The Bertz CT molecular complexity index is 1440. The molecule has 0 aliphatic carbocycles. The van der Waals surface area contributed by atoms with Crippen LogP contribution in [0.25, 0.3) is 22.2 Å². The van der Waals surface area contributed by atoms with Gasteiger partial charge in [0.15, 0.2) is 0 Å². The van der Waals surface area contributed by atoms with Crippen LogP contribution >= 0.6 is 11.6 Å². The Balaban J connectivity index is 1.85. The molecule has 0 aliphatic heterocycles. The van der Waals surface area contributed by atoms with Crippen LogP contribution in [0, 0.1) is 15.9 Å². The molecule has 0 bridgehead atoms. The van der Waals surface area contributed by atoms with Gasteiger partial charge in [-0.3, -0.25) is 10.1 Å². The van der Waals surface area contributed by atoms with Crippen molar-refractivity contribution in [3.63, 3.8) is 0 Å². The fourth-order valence-electron chi connectivity index (χ4n) is 3.50. The number of hydrogen-bond donors (Lipinski definition) is 1. The summed E-state index contributed by atoms with van der Waals surface area (Å²) in [6, 6.07) is 9.40. The zero-order valence-corrected chi connectivity index (χ0v) is 19.1. The third-order valence-electron chi connectivity index (χ3n) is 4.98. The number of aromatic nitrogens is 3. The minimum Gasteiger partial charge on any atom is -0.459 e. The van der Waals surface area contributed by atoms with E-state index < -0.39 is 22.4 Å². The molecule has 0 unspecified atom stereocenters. The topological polar surface area (TPSA) is 112 Å². The van der Waals surface area contributed by atoms with Crippen molar-refractivity contribution >= 4 is 45.8 Å². The van der Waals surface area contributed by atoms with E-state index in [1.165, 1.54) is 6.20 Å². The summed E-state index contributed by atoms with van der Waals surface area (Å²) in [5, 5.41) is 14.7. The van der Waals surface area contributed by atoms with Crippen molar-refractivity contribution in [2.45, 2.75) is 20.0 Å². The molecule has 0 saturated carbocycles. The third-order valence-corrected chi connectivity index (χ3v) is 5.30. The van der Waals surface area contributed by atoms with E-state index in [-0.39, 0.29) is 28.3 Å². The SMILES string of the molecule is CC(C)OC(=O)c1cnc(Nc2cc([N+](=O)[O-])c(F)cc2Cl)nc1-c1cn(C)c2ccccc12. The summed E-state index contributed by atoms with van der Waals surface area (Å²) in [4.78, 5) is 31.7. The van der Waals surface area contributed by atoms with E-state index >= 15 is 0 Å². The van der Waals surface area contributed by atoms with Gasteiger partial charge in [-0.1, -0.05) is 29.8 Å². The van der Waals surface area contributed by atoms with Crippen molar-refractivity contribution in [1.29, 1.82) is 0 Å². The molecule has 2 aromatic heterocycles. The van der Waals surface area contributed by atoms with Gasteiger partial charge < -0.3 is 14.6 Å². The lowest BCUT2D eigenvalue weighted by Gasteiger charge is -2.13. The summed E-state index contributed by atoms with van der Waals surface area (Å²) in [6.45, 7) is 3.46. The van der Waals surface area contributed by atoms with E-state index in [0.717, 1.165) is 23.0 Å². The average Bonchev–Trinajstić information content (AvgIpc) is 3.11. The van der Waals surface area contributed by atoms with E-state index in [4.69, 9.17) is 16.3 Å². The highest BCUT2D eigenvalue weighted by Crippen LogP contribution is 2.34. The minimum atomic E-state index is -1.07. The highest BCUT2D eigenvalue weighted by Gasteiger charge is 2.23. The number of fused-ring (bicyclic) bond motifs is 1. The predicted octanol–water partition coefficient (Wildman–Crippen LogP) is 5.64. The number of halogens is 2. The summed E-state index contributed by atoms with van der Waals surface area (Å²) in [5.41, 5.74) is 1.32. The van der Waals surface area contributed by atoms with E-state index in [1.807, 2.05) is 42.1 Å². The Morgan fingerprint density at radius 2 is 2.03 bits per heavy atom. The molecule has 174 valence electrons.